The number of hydrogen-bond donors (Lipinski definition) is 8. The van der Waals surface area contributed by atoms with E-state index >= 15 is 0 Å². The van der Waals surface area contributed by atoms with Crippen molar-refractivity contribution in [3.05, 3.63) is 29.8 Å². The van der Waals surface area contributed by atoms with Crippen molar-refractivity contribution < 1.29 is 39.0 Å². The molecule has 0 aromatic heterocycles. The number of nitrogens with two attached hydrogens (primary N) is 4. The van der Waals surface area contributed by atoms with Gasteiger partial charge < -0.3 is 53.6 Å². The van der Waals surface area contributed by atoms with Crippen LogP contribution in [0.5, 0.6) is 5.75 Å². The van der Waals surface area contributed by atoms with Crippen LogP contribution < -0.4 is 33.6 Å². The van der Waals surface area contributed by atoms with Gasteiger partial charge in [-0.15, -0.1) is 0 Å². The number of likely N-dealkylation sites (N-methyl/N-ethyl adjacent to an activating group) is 2. The van der Waals surface area contributed by atoms with Crippen LogP contribution in [-0.2, 0) is 35.2 Å². The number of phenols is 1. The molecule has 0 radical (unpaired) electrons. The van der Waals surface area contributed by atoms with Crippen LogP contribution in [0.25, 0.3) is 0 Å². The highest BCUT2D eigenvalue weighted by molar-refractivity contribution is 5.95. The van der Waals surface area contributed by atoms with Gasteiger partial charge in [-0.1, -0.05) is 12.1 Å². The number of carboxylic acids is 1. The van der Waals surface area contributed by atoms with Crippen molar-refractivity contribution in [2.45, 2.75) is 43.8 Å². The number of aromatic hydroxyl groups is 1. The minimum absolute atomic E-state index is 0.0133. The number of hydrogen-bond acceptors (Lipinski definition) is 9. The molecule has 1 aromatic carbocycles. The number of aliphatic carboxylic acids is 1. The Kier molecular flexibility index (Phi) is 14.2. The van der Waals surface area contributed by atoms with Gasteiger partial charge in [-0.25, -0.2) is 0 Å². The van der Waals surface area contributed by atoms with Crippen LogP contribution in [-0.4, -0.2) is 113 Å². The summed E-state index contributed by atoms with van der Waals surface area (Å²) < 4.78 is 0. The molecule has 0 spiro atoms. The molecule has 0 saturated heterocycles. The zero-order valence-corrected chi connectivity index (χ0v) is 23.5. The number of carbonyl (C=O) groups is 6. The summed E-state index contributed by atoms with van der Waals surface area (Å²) in [5, 5.41) is 23.3. The van der Waals surface area contributed by atoms with E-state index in [-0.39, 0.29) is 31.1 Å². The lowest BCUT2D eigenvalue weighted by atomic mass is 10.1. The Morgan fingerprint density at radius 1 is 0.881 bits per heavy atom. The second-order valence-electron chi connectivity index (χ2n) is 9.55. The molecule has 1 aromatic rings. The van der Waals surface area contributed by atoms with Gasteiger partial charge in [0.25, 0.3) is 0 Å². The van der Waals surface area contributed by atoms with Crippen LogP contribution in [0.4, 0.5) is 0 Å². The molecule has 0 fully saturated rings. The van der Waals surface area contributed by atoms with E-state index < -0.39 is 73.1 Å². The van der Waals surface area contributed by atoms with Gasteiger partial charge in [0.1, 0.15) is 17.8 Å². The number of aliphatic imine (C=N–C) groups is 1. The number of carbonyl (C=O) groups excluding carboxylic acids is 5. The molecule has 12 N–H and O–H groups in total. The standard InChI is InChI=1S/C25H39N9O8/c1-33(23(41)16(26)4-3-9-30-25(28)29)12-20(37)32-18(11-21(38)39)24(42)34(2)13-19(36)31-17(22(27)40)10-14-5-7-15(35)8-6-14/h5-8,16-18,35H,3-4,9-13,26H2,1-2H3,(H2,27,40)(H,31,36)(H,32,37)(H,38,39)(H4,28,29,30)/t16-,17-,18-/m0/s1. The van der Waals surface area contributed by atoms with Crippen LogP contribution in [0.3, 0.4) is 0 Å². The van der Waals surface area contributed by atoms with Gasteiger partial charge in [0, 0.05) is 27.1 Å². The van der Waals surface area contributed by atoms with E-state index in [2.05, 4.69) is 15.6 Å². The van der Waals surface area contributed by atoms with Crippen molar-refractivity contribution >= 4 is 41.5 Å². The number of guanidine groups is 1. The van der Waals surface area contributed by atoms with Crippen molar-refractivity contribution in [2.75, 3.05) is 33.7 Å². The molecule has 0 aliphatic heterocycles. The summed E-state index contributed by atoms with van der Waals surface area (Å²) >= 11 is 0. The predicted molar refractivity (Wildman–Crippen MR) is 150 cm³/mol. The van der Waals surface area contributed by atoms with E-state index in [0.717, 1.165) is 9.80 Å². The first kappa shape index (κ1) is 35.1. The molecule has 42 heavy (non-hydrogen) atoms. The van der Waals surface area contributed by atoms with Gasteiger partial charge in [0.05, 0.1) is 25.6 Å². The molecule has 0 bridgehead atoms. The first-order chi connectivity index (χ1) is 19.6. The van der Waals surface area contributed by atoms with E-state index in [4.69, 9.17) is 22.9 Å². The van der Waals surface area contributed by atoms with E-state index in [1.165, 1.54) is 26.2 Å². The highest BCUT2D eigenvalue weighted by atomic mass is 16.4. The van der Waals surface area contributed by atoms with Gasteiger partial charge in [0.15, 0.2) is 5.96 Å². The number of amides is 5. The minimum atomic E-state index is -1.56. The Morgan fingerprint density at radius 2 is 1.40 bits per heavy atom. The lowest BCUT2D eigenvalue weighted by molar-refractivity contribution is -0.144. The first-order valence-corrected chi connectivity index (χ1v) is 12.8. The Labute approximate surface area is 242 Å². The molecular formula is C25H39N9O8. The molecule has 232 valence electrons. The molecule has 17 heteroatoms. The van der Waals surface area contributed by atoms with Crippen LogP contribution in [0.15, 0.2) is 29.3 Å². The Bertz CT molecular complexity index is 1160. The third kappa shape index (κ3) is 12.9. The third-order valence-corrected chi connectivity index (χ3v) is 5.87. The monoisotopic (exact) mass is 593 g/mol. The maximum Gasteiger partial charge on any atom is 0.305 e. The van der Waals surface area contributed by atoms with Crippen molar-refractivity contribution in [1.29, 1.82) is 0 Å². The Balaban J connectivity index is 2.75. The lowest BCUT2D eigenvalue weighted by Gasteiger charge is -2.26. The lowest BCUT2D eigenvalue weighted by Crippen LogP contribution is -2.54. The van der Waals surface area contributed by atoms with Crippen molar-refractivity contribution in [3.8, 4) is 5.75 Å². The largest absolute Gasteiger partial charge is 0.508 e. The highest BCUT2D eigenvalue weighted by Crippen LogP contribution is 2.11. The van der Waals surface area contributed by atoms with Crippen LogP contribution in [0, 0.1) is 0 Å². The summed E-state index contributed by atoms with van der Waals surface area (Å²) in [5.74, 6) is -5.40. The van der Waals surface area contributed by atoms with Gasteiger partial charge in [-0.2, -0.15) is 0 Å². The average molecular weight is 594 g/mol. The fraction of sp³-hybridized carbons (Fsp3) is 0.480. The fourth-order valence-electron chi connectivity index (χ4n) is 3.72. The molecule has 3 atom stereocenters. The summed E-state index contributed by atoms with van der Waals surface area (Å²) in [6.07, 6.45) is -0.136. The number of phenolic OH excluding ortho intramolecular Hbond substituents is 1. The SMILES string of the molecule is CN(CC(=O)N[C@@H](Cc1ccc(O)cc1)C(N)=O)C(=O)[C@H](CC(=O)O)NC(=O)CN(C)C(=O)[C@@H](N)CCCN=C(N)N. The maximum absolute atomic E-state index is 12.9. The molecule has 0 aliphatic carbocycles. The van der Waals surface area contributed by atoms with E-state index in [1.807, 2.05) is 0 Å². The summed E-state index contributed by atoms with van der Waals surface area (Å²) in [5.41, 5.74) is 22.3. The van der Waals surface area contributed by atoms with Crippen molar-refractivity contribution in [1.82, 2.24) is 20.4 Å². The summed E-state index contributed by atoms with van der Waals surface area (Å²) in [6.45, 7) is -0.845. The molecular weight excluding hydrogens is 554 g/mol. The number of benzene rings is 1. The summed E-state index contributed by atoms with van der Waals surface area (Å²) in [4.78, 5) is 79.5. The number of rotatable bonds is 17. The zero-order chi connectivity index (χ0) is 32.0. The number of carboxylic acid groups (broad SMARTS) is 1. The normalized spacial score (nSPS) is 12.6. The smallest absolute Gasteiger partial charge is 0.305 e. The molecule has 0 saturated carbocycles. The zero-order valence-electron chi connectivity index (χ0n) is 23.5. The molecule has 0 heterocycles. The average Bonchev–Trinajstić information content (AvgIpc) is 2.89. The van der Waals surface area contributed by atoms with Gasteiger partial charge in [-0.05, 0) is 30.5 Å². The quantitative estimate of drug-likeness (QED) is 0.0491. The molecule has 5 amide bonds. The number of nitrogens with zero attached hydrogens (tertiary/aromatic N) is 3. The second kappa shape index (κ2) is 17.0. The van der Waals surface area contributed by atoms with Gasteiger partial charge in [0.2, 0.25) is 29.5 Å². The molecule has 17 nitrogen and oxygen atoms in total. The third-order valence-electron chi connectivity index (χ3n) is 5.87. The Morgan fingerprint density at radius 3 is 1.90 bits per heavy atom. The predicted octanol–water partition coefficient (Wildman–Crippen LogP) is -3.84. The summed E-state index contributed by atoms with van der Waals surface area (Å²) in [7, 11) is 2.52. The van der Waals surface area contributed by atoms with Crippen LogP contribution in [0.2, 0.25) is 0 Å². The second-order valence-corrected chi connectivity index (χ2v) is 9.55. The van der Waals surface area contributed by atoms with Crippen LogP contribution in [0.1, 0.15) is 24.8 Å². The number of nitrogens with one attached hydrogen (secondary N) is 2. The summed E-state index contributed by atoms with van der Waals surface area (Å²) in [6, 6.07) is 2.24. The first-order valence-electron chi connectivity index (χ1n) is 12.8. The fourth-order valence-corrected chi connectivity index (χ4v) is 3.72. The van der Waals surface area contributed by atoms with Crippen LogP contribution >= 0.6 is 0 Å². The number of primary amides is 1. The van der Waals surface area contributed by atoms with E-state index in [1.54, 1.807) is 12.1 Å². The van der Waals surface area contributed by atoms with E-state index in [9.17, 15) is 39.0 Å². The highest BCUT2D eigenvalue weighted by Gasteiger charge is 2.29. The van der Waals surface area contributed by atoms with Gasteiger partial charge >= 0.3 is 5.97 Å². The Hall–Kier alpha value is -4.93. The van der Waals surface area contributed by atoms with Gasteiger partial charge in [-0.3, -0.25) is 33.8 Å². The molecule has 0 unspecified atom stereocenters. The van der Waals surface area contributed by atoms with Crippen molar-refractivity contribution in [3.63, 3.8) is 0 Å². The molecule has 0 aliphatic rings. The minimum Gasteiger partial charge on any atom is -0.508 e. The molecule has 1 rings (SSSR count). The van der Waals surface area contributed by atoms with Crippen molar-refractivity contribution in [2.24, 2.45) is 27.9 Å². The topological polar surface area (TPSA) is 290 Å². The maximum atomic E-state index is 12.9. The van der Waals surface area contributed by atoms with E-state index in [0.29, 0.717) is 12.0 Å².